The molecule has 0 bridgehead atoms. The van der Waals surface area contributed by atoms with Gasteiger partial charge in [0.25, 0.3) is 0 Å². The Balaban J connectivity index is 1.95. The summed E-state index contributed by atoms with van der Waals surface area (Å²) in [5, 5.41) is 3.63. The maximum Gasteiger partial charge on any atom is 0.125 e. The second kappa shape index (κ2) is 7.15. The van der Waals surface area contributed by atoms with Crippen LogP contribution in [-0.4, -0.2) is 6.61 Å². The second-order valence-electron chi connectivity index (χ2n) is 4.47. The molecule has 0 radical (unpaired) electrons. The quantitative estimate of drug-likeness (QED) is 0.819. The van der Waals surface area contributed by atoms with Crippen LogP contribution < -0.4 is 10.1 Å². The van der Waals surface area contributed by atoms with E-state index in [0.29, 0.717) is 17.3 Å². The summed E-state index contributed by atoms with van der Waals surface area (Å²) in [5.41, 5.74) is 1.67. The van der Waals surface area contributed by atoms with Gasteiger partial charge in [0, 0.05) is 6.54 Å². The van der Waals surface area contributed by atoms with E-state index in [1.165, 1.54) is 12.1 Å². The molecule has 0 fully saturated rings. The zero-order valence-electron chi connectivity index (χ0n) is 11.3. The van der Waals surface area contributed by atoms with E-state index in [0.717, 1.165) is 24.3 Å². The molecule has 2 rings (SSSR count). The molecule has 0 unspecified atom stereocenters. The average molecular weight is 294 g/mol. The summed E-state index contributed by atoms with van der Waals surface area (Å²) >= 11 is 6.00. The van der Waals surface area contributed by atoms with E-state index in [2.05, 4.69) is 12.2 Å². The van der Waals surface area contributed by atoms with Crippen LogP contribution >= 0.6 is 11.6 Å². The average Bonchev–Trinajstić information content (AvgIpc) is 2.47. The molecule has 20 heavy (non-hydrogen) atoms. The minimum absolute atomic E-state index is 0.305. The van der Waals surface area contributed by atoms with Gasteiger partial charge in [0.2, 0.25) is 0 Å². The summed E-state index contributed by atoms with van der Waals surface area (Å²) < 4.78 is 18.6. The maximum atomic E-state index is 13.1. The van der Waals surface area contributed by atoms with Crippen molar-refractivity contribution in [2.75, 3.05) is 11.9 Å². The molecule has 0 amide bonds. The number of benzene rings is 2. The Bertz CT molecular complexity index is 557. The molecule has 106 valence electrons. The Morgan fingerprint density at radius 1 is 1.15 bits per heavy atom. The van der Waals surface area contributed by atoms with Crippen molar-refractivity contribution in [3.63, 3.8) is 0 Å². The van der Waals surface area contributed by atoms with E-state index in [9.17, 15) is 4.39 Å². The molecule has 2 nitrogen and oxygen atoms in total. The van der Waals surface area contributed by atoms with Gasteiger partial charge in [-0.05, 0) is 42.3 Å². The molecule has 2 aromatic rings. The number of nitrogens with one attached hydrogen (secondary N) is 1. The molecule has 2 aromatic carbocycles. The Labute approximate surface area is 123 Å². The third-order valence-electron chi connectivity index (χ3n) is 2.81. The number of hydrogen-bond acceptors (Lipinski definition) is 2. The summed E-state index contributed by atoms with van der Waals surface area (Å²) in [7, 11) is 0. The van der Waals surface area contributed by atoms with Crippen LogP contribution in [0.25, 0.3) is 0 Å². The maximum absolute atomic E-state index is 13.1. The fourth-order valence-electron chi connectivity index (χ4n) is 1.75. The molecule has 0 spiro atoms. The number of hydrogen-bond donors (Lipinski definition) is 1. The fourth-order valence-corrected chi connectivity index (χ4v) is 1.94. The van der Waals surface area contributed by atoms with Gasteiger partial charge in [-0.1, -0.05) is 30.7 Å². The molecule has 0 aromatic heterocycles. The molecular formula is C16H17ClFNO. The highest BCUT2D eigenvalue weighted by Crippen LogP contribution is 2.23. The zero-order chi connectivity index (χ0) is 14.4. The predicted molar refractivity (Wildman–Crippen MR) is 81.0 cm³/mol. The SMILES string of the molecule is CCCOc1ccc(CNc2cc(F)ccc2Cl)cc1. The molecule has 0 aliphatic carbocycles. The standard InChI is InChI=1S/C16H17ClFNO/c1-2-9-20-14-6-3-12(4-7-14)11-19-16-10-13(18)5-8-15(16)17/h3-8,10,19H,2,9,11H2,1H3. The van der Waals surface area contributed by atoms with Crippen LogP contribution in [0, 0.1) is 5.82 Å². The molecule has 0 aliphatic heterocycles. The lowest BCUT2D eigenvalue weighted by Gasteiger charge is -2.09. The molecule has 1 N–H and O–H groups in total. The number of rotatable bonds is 6. The van der Waals surface area contributed by atoms with Gasteiger partial charge in [-0.2, -0.15) is 0 Å². The van der Waals surface area contributed by atoms with Gasteiger partial charge in [0.05, 0.1) is 17.3 Å². The number of halogens is 2. The minimum atomic E-state index is -0.305. The number of ether oxygens (including phenoxy) is 1. The van der Waals surface area contributed by atoms with Crippen LogP contribution in [0.3, 0.4) is 0 Å². The minimum Gasteiger partial charge on any atom is -0.494 e. The number of anilines is 1. The Hall–Kier alpha value is -1.74. The van der Waals surface area contributed by atoms with E-state index in [-0.39, 0.29) is 5.82 Å². The van der Waals surface area contributed by atoms with Crippen LogP contribution in [0.2, 0.25) is 5.02 Å². The van der Waals surface area contributed by atoms with Crippen molar-refractivity contribution in [3.8, 4) is 5.75 Å². The van der Waals surface area contributed by atoms with Gasteiger partial charge in [-0.3, -0.25) is 0 Å². The van der Waals surface area contributed by atoms with Crippen molar-refractivity contribution in [3.05, 3.63) is 58.9 Å². The molecule has 0 aliphatic rings. The largest absolute Gasteiger partial charge is 0.494 e. The Morgan fingerprint density at radius 2 is 1.90 bits per heavy atom. The smallest absolute Gasteiger partial charge is 0.125 e. The summed E-state index contributed by atoms with van der Waals surface area (Å²) in [6.45, 7) is 3.37. The highest BCUT2D eigenvalue weighted by Gasteiger charge is 2.02. The van der Waals surface area contributed by atoms with Crippen LogP contribution in [0.5, 0.6) is 5.75 Å². The lowest BCUT2D eigenvalue weighted by atomic mass is 10.2. The highest BCUT2D eigenvalue weighted by atomic mass is 35.5. The first-order valence-electron chi connectivity index (χ1n) is 6.59. The lowest BCUT2D eigenvalue weighted by Crippen LogP contribution is -2.01. The van der Waals surface area contributed by atoms with E-state index in [1.807, 2.05) is 24.3 Å². The van der Waals surface area contributed by atoms with Gasteiger partial charge in [0.15, 0.2) is 0 Å². The first-order valence-corrected chi connectivity index (χ1v) is 6.97. The van der Waals surface area contributed by atoms with Crippen LogP contribution in [0.1, 0.15) is 18.9 Å². The second-order valence-corrected chi connectivity index (χ2v) is 4.88. The van der Waals surface area contributed by atoms with E-state index < -0.39 is 0 Å². The Kier molecular flexibility index (Phi) is 5.24. The van der Waals surface area contributed by atoms with Crippen LogP contribution in [0.15, 0.2) is 42.5 Å². The highest BCUT2D eigenvalue weighted by molar-refractivity contribution is 6.33. The molecule has 0 saturated carbocycles. The third-order valence-corrected chi connectivity index (χ3v) is 3.14. The molecule has 0 heterocycles. The molecular weight excluding hydrogens is 277 g/mol. The molecule has 4 heteroatoms. The van der Waals surface area contributed by atoms with Gasteiger partial charge >= 0.3 is 0 Å². The summed E-state index contributed by atoms with van der Waals surface area (Å²) in [6, 6.07) is 12.1. The first kappa shape index (κ1) is 14.7. The Morgan fingerprint density at radius 3 is 2.60 bits per heavy atom. The van der Waals surface area contributed by atoms with E-state index in [1.54, 1.807) is 6.07 Å². The van der Waals surface area contributed by atoms with Gasteiger partial charge in [0.1, 0.15) is 11.6 Å². The summed E-state index contributed by atoms with van der Waals surface area (Å²) in [4.78, 5) is 0. The van der Waals surface area contributed by atoms with Crippen molar-refractivity contribution < 1.29 is 9.13 Å². The van der Waals surface area contributed by atoms with Crippen molar-refractivity contribution in [1.29, 1.82) is 0 Å². The molecule has 0 saturated heterocycles. The van der Waals surface area contributed by atoms with E-state index >= 15 is 0 Å². The van der Waals surface area contributed by atoms with Crippen LogP contribution in [0.4, 0.5) is 10.1 Å². The molecule has 0 atom stereocenters. The van der Waals surface area contributed by atoms with Gasteiger partial charge in [-0.15, -0.1) is 0 Å². The van der Waals surface area contributed by atoms with Crippen molar-refractivity contribution in [1.82, 2.24) is 0 Å². The topological polar surface area (TPSA) is 21.3 Å². The van der Waals surface area contributed by atoms with Crippen molar-refractivity contribution in [2.24, 2.45) is 0 Å². The van der Waals surface area contributed by atoms with Crippen molar-refractivity contribution >= 4 is 17.3 Å². The van der Waals surface area contributed by atoms with E-state index in [4.69, 9.17) is 16.3 Å². The zero-order valence-corrected chi connectivity index (χ0v) is 12.1. The lowest BCUT2D eigenvalue weighted by molar-refractivity contribution is 0.317. The van der Waals surface area contributed by atoms with Crippen LogP contribution in [-0.2, 0) is 6.54 Å². The third kappa shape index (κ3) is 4.14. The van der Waals surface area contributed by atoms with Crippen molar-refractivity contribution in [2.45, 2.75) is 19.9 Å². The normalized spacial score (nSPS) is 10.3. The first-order chi connectivity index (χ1) is 9.69. The van der Waals surface area contributed by atoms with Gasteiger partial charge < -0.3 is 10.1 Å². The van der Waals surface area contributed by atoms with Gasteiger partial charge in [-0.25, -0.2) is 4.39 Å². The monoisotopic (exact) mass is 293 g/mol. The fraction of sp³-hybridized carbons (Fsp3) is 0.250. The predicted octanol–water partition coefficient (Wildman–Crippen LogP) is 4.88. The summed E-state index contributed by atoms with van der Waals surface area (Å²) in [5.74, 6) is 0.555. The summed E-state index contributed by atoms with van der Waals surface area (Å²) in [6.07, 6.45) is 0.987.